The van der Waals surface area contributed by atoms with E-state index in [4.69, 9.17) is 12.2 Å². The summed E-state index contributed by atoms with van der Waals surface area (Å²) in [6, 6.07) is 0. The molecule has 0 rings (SSSR count). The summed E-state index contributed by atoms with van der Waals surface area (Å²) in [6.45, 7) is 6.52. The molecule has 0 saturated heterocycles. The molecule has 0 aromatic carbocycles. The van der Waals surface area contributed by atoms with Crippen LogP contribution in [-0.2, 0) is 0 Å². The SMILES string of the molecule is CCCCN(CCCC)C(=S)S.[SbH3]. The van der Waals surface area contributed by atoms with Crippen LogP contribution >= 0.6 is 24.8 Å². The second kappa shape index (κ2) is 11.1. The third-order valence-electron chi connectivity index (χ3n) is 1.83. The zero-order valence-corrected chi connectivity index (χ0v) is 14.5. The molecular formula is C9H22NS2Sb. The van der Waals surface area contributed by atoms with Gasteiger partial charge in [-0.25, -0.2) is 0 Å². The Labute approximate surface area is 111 Å². The van der Waals surface area contributed by atoms with Crippen molar-refractivity contribution in [3.8, 4) is 0 Å². The van der Waals surface area contributed by atoms with Gasteiger partial charge in [0.05, 0.1) is 0 Å². The van der Waals surface area contributed by atoms with Crippen molar-refractivity contribution in [1.29, 1.82) is 0 Å². The Bertz CT molecular complexity index is 123. The van der Waals surface area contributed by atoms with Gasteiger partial charge in [-0.15, -0.1) is 12.6 Å². The number of thiocarbonyl (C=S) groups is 1. The van der Waals surface area contributed by atoms with Crippen LogP contribution in [0.2, 0.25) is 0 Å². The Morgan fingerprint density at radius 1 is 1.15 bits per heavy atom. The molecule has 0 radical (unpaired) electrons. The average Bonchev–Trinajstić information content (AvgIpc) is 2.04. The van der Waals surface area contributed by atoms with Crippen molar-refractivity contribution >= 4 is 53.6 Å². The third kappa shape index (κ3) is 9.36. The molecule has 0 spiro atoms. The number of hydrogen-bond acceptors (Lipinski definition) is 1. The topological polar surface area (TPSA) is 3.24 Å². The van der Waals surface area contributed by atoms with E-state index in [0.29, 0.717) is 0 Å². The Morgan fingerprint density at radius 2 is 1.54 bits per heavy atom. The Morgan fingerprint density at radius 3 is 1.77 bits per heavy atom. The van der Waals surface area contributed by atoms with Gasteiger partial charge in [0.1, 0.15) is 4.32 Å². The van der Waals surface area contributed by atoms with Crippen molar-refractivity contribution in [3.63, 3.8) is 0 Å². The maximum absolute atomic E-state index is 5.03. The van der Waals surface area contributed by atoms with Gasteiger partial charge in [-0.1, -0.05) is 38.9 Å². The molecule has 0 bridgehead atoms. The summed E-state index contributed by atoms with van der Waals surface area (Å²) in [5, 5.41) is 0. The number of unbranched alkanes of at least 4 members (excludes halogenated alkanes) is 2. The quantitative estimate of drug-likeness (QED) is 0.450. The van der Waals surface area contributed by atoms with Crippen molar-refractivity contribution in [2.24, 2.45) is 0 Å². The molecule has 0 aliphatic heterocycles. The number of rotatable bonds is 6. The molecule has 0 fully saturated rings. The average molecular weight is 330 g/mol. The van der Waals surface area contributed by atoms with Crippen molar-refractivity contribution in [3.05, 3.63) is 0 Å². The maximum atomic E-state index is 5.03. The third-order valence-corrected chi connectivity index (χ3v) is 2.37. The molecule has 0 aromatic heterocycles. The van der Waals surface area contributed by atoms with E-state index in [1.54, 1.807) is 0 Å². The van der Waals surface area contributed by atoms with Gasteiger partial charge in [0.25, 0.3) is 0 Å². The van der Waals surface area contributed by atoms with Gasteiger partial charge in [-0.2, -0.15) is 0 Å². The molecule has 0 N–H and O–H groups in total. The monoisotopic (exact) mass is 329 g/mol. The number of thiol groups is 1. The molecule has 13 heavy (non-hydrogen) atoms. The predicted molar refractivity (Wildman–Crippen MR) is 72.9 cm³/mol. The summed E-state index contributed by atoms with van der Waals surface area (Å²) < 4.78 is 0.747. The van der Waals surface area contributed by atoms with E-state index in [1.807, 2.05) is 0 Å². The molecule has 4 heteroatoms. The first-order valence-electron chi connectivity index (χ1n) is 4.70. The van der Waals surface area contributed by atoms with Gasteiger partial charge in [0.2, 0.25) is 0 Å². The van der Waals surface area contributed by atoms with Crippen molar-refractivity contribution in [2.45, 2.75) is 39.5 Å². The first kappa shape index (κ1) is 16.5. The minimum absolute atomic E-state index is 0. The second-order valence-corrected chi connectivity index (χ2v) is 4.09. The van der Waals surface area contributed by atoms with E-state index >= 15 is 0 Å². The summed E-state index contributed by atoms with van der Waals surface area (Å²) in [5.74, 6) is 0. The molecule has 0 aliphatic carbocycles. The molecule has 80 valence electrons. The molecular weight excluding hydrogens is 308 g/mol. The molecule has 0 aromatic rings. The van der Waals surface area contributed by atoms with Gasteiger partial charge in [-0.3, -0.25) is 0 Å². The van der Waals surface area contributed by atoms with Crippen LogP contribution in [0.4, 0.5) is 0 Å². The van der Waals surface area contributed by atoms with Crippen molar-refractivity contribution < 1.29 is 0 Å². The van der Waals surface area contributed by atoms with E-state index in [-0.39, 0.29) is 24.4 Å². The first-order valence-corrected chi connectivity index (χ1v) is 5.55. The number of nitrogens with zero attached hydrogens (tertiary/aromatic N) is 1. The van der Waals surface area contributed by atoms with Gasteiger partial charge >= 0.3 is 24.4 Å². The fourth-order valence-corrected chi connectivity index (χ4v) is 1.38. The van der Waals surface area contributed by atoms with Gasteiger partial charge < -0.3 is 4.90 Å². The summed E-state index contributed by atoms with van der Waals surface area (Å²) in [6.07, 6.45) is 4.87. The summed E-state index contributed by atoms with van der Waals surface area (Å²) >= 11 is 9.23. The van der Waals surface area contributed by atoms with Crippen LogP contribution in [0.3, 0.4) is 0 Å². The van der Waals surface area contributed by atoms with Gasteiger partial charge in [0, 0.05) is 13.1 Å². The van der Waals surface area contributed by atoms with E-state index < -0.39 is 0 Å². The van der Waals surface area contributed by atoms with E-state index in [2.05, 4.69) is 31.4 Å². The normalized spacial score (nSPS) is 9.15. The molecule has 0 saturated carbocycles. The van der Waals surface area contributed by atoms with Crippen LogP contribution in [0.15, 0.2) is 0 Å². The van der Waals surface area contributed by atoms with E-state index in [9.17, 15) is 0 Å². The molecule has 1 nitrogen and oxygen atoms in total. The summed E-state index contributed by atoms with van der Waals surface area (Å²) in [5.41, 5.74) is 0. The molecule has 0 amide bonds. The fraction of sp³-hybridized carbons (Fsp3) is 0.889. The Balaban J connectivity index is 0. The van der Waals surface area contributed by atoms with Crippen molar-refractivity contribution in [1.82, 2.24) is 4.90 Å². The molecule has 0 aliphatic rings. The van der Waals surface area contributed by atoms with Gasteiger partial charge in [0.15, 0.2) is 0 Å². The van der Waals surface area contributed by atoms with Crippen LogP contribution in [0, 0.1) is 0 Å². The van der Waals surface area contributed by atoms with Crippen LogP contribution < -0.4 is 0 Å². The van der Waals surface area contributed by atoms with Crippen LogP contribution in [-0.4, -0.2) is 46.7 Å². The fourth-order valence-electron chi connectivity index (χ4n) is 1.00. The zero-order valence-electron chi connectivity index (χ0n) is 8.75. The first-order chi connectivity index (χ1) is 5.72. The Hall–Kier alpha value is 1.06. The summed E-state index contributed by atoms with van der Waals surface area (Å²) in [7, 11) is 0. The second-order valence-electron chi connectivity index (χ2n) is 2.98. The van der Waals surface area contributed by atoms with Crippen molar-refractivity contribution in [2.75, 3.05) is 13.1 Å². The number of hydrogen-bond donors (Lipinski definition) is 1. The predicted octanol–water partition coefficient (Wildman–Crippen LogP) is 1.92. The standard InChI is InChI=1S/C9H19NS2.Sb.3H/c1-3-5-7-10(9(11)12)8-6-4-2;;;;/h3-8H2,1-2H3,(H,11,12);;;;. The Kier molecular flexibility index (Phi) is 14.1. The molecule has 0 atom stereocenters. The van der Waals surface area contributed by atoms with Crippen LogP contribution in [0.5, 0.6) is 0 Å². The van der Waals surface area contributed by atoms with Crippen LogP contribution in [0.1, 0.15) is 39.5 Å². The summed E-state index contributed by atoms with van der Waals surface area (Å²) in [4.78, 5) is 2.19. The van der Waals surface area contributed by atoms with E-state index in [0.717, 1.165) is 17.4 Å². The minimum atomic E-state index is 0. The van der Waals surface area contributed by atoms with Gasteiger partial charge in [-0.05, 0) is 12.8 Å². The molecule has 0 heterocycles. The van der Waals surface area contributed by atoms with Crippen LogP contribution in [0.25, 0.3) is 0 Å². The molecule has 0 unspecified atom stereocenters. The zero-order chi connectivity index (χ0) is 9.40. The van der Waals surface area contributed by atoms with E-state index in [1.165, 1.54) is 25.7 Å².